The summed E-state index contributed by atoms with van der Waals surface area (Å²) < 4.78 is 26.0. The van der Waals surface area contributed by atoms with Gasteiger partial charge in [-0.3, -0.25) is 19.3 Å². The SMILES string of the molecule is Cc1cccc(C)c1NC(=O)CN(C)CC(=O)NCC(=O)Nc1ccc(F)c(F)c1. The molecule has 2 rings (SSSR count). The normalized spacial score (nSPS) is 10.6. The van der Waals surface area contributed by atoms with Crippen LogP contribution in [-0.2, 0) is 14.4 Å². The van der Waals surface area contributed by atoms with E-state index in [1.54, 1.807) is 7.05 Å². The lowest BCUT2D eigenvalue weighted by atomic mass is 10.1. The Morgan fingerprint density at radius 3 is 2.13 bits per heavy atom. The van der Waals surface area contributed by atoms with E-state index in [4.69, 9.17) is 0 Å². The summed E-state index contributed by atoms with van der Waals surface area (Å²) in [4.78, 5) is 37.5. The molecule has 9 heteroatoms. The smallest absolute Gasteiger partial charge is 0.243 e. The highest BCUT2D eigenvalue weighted by atomic mass is 19.2. The summed E-state index contributed by atoms with van der Waals surface area (Å²) in [6, 6.07) is 8.63. The topological polar surface area (TPSA) is 90.5 Å². The summed E-state index contributed by atoms with van der Waals surface area (Å²) in [7, 11) is 1.60. The van der Waals surface area contributed by atoms with E-state index in [9.17, 15) is 23.2 Å². The fraction of sp³-hybridized carbons (Fsp3) is 0.286. The predicted octanol–water partition coefficient (Wildman–Crippen LogP) is 2.21. The van der Waals surface area contributed by atoms with Crippen LogP contribution in [0, 0.1) is 25.5 Å². The lowest BCUT2D eigenvalue weighted by Gasteiger charge is -2.17. The number of aryl methyl sites for hydroxylation is 2. The molecule has 2 aromatic rings. The average molecular weight is 418 g/mol. The number of halogens is 2. The van der Waals surface area contributed by atoms with Crippen LogP contribution in [0.5, 0.6) is 0 Å². The van der Waals surface area contributed by atoms with Crippen LogP contribution in [0.1, 0.15) is 11.1 Å². The number of para-hydroxylation sites is 1. The average Bonchev–Trinajstić information content (AvgIpc) is 2.66. The molecule has 30 heavy (non-hydrogen) atoms. The van der Waals surface area contributed by atoms with Crippen LogP contribution in [0.25, 0.3) is 0 Å². The number of hydrogen-bond acceptors (Lipinski definition) is 4. The molecule has 2 aromatic carbocycles. The van der Waals surface area contributed by atoms with Gasteiger partial charge in [-0.25, -0.2) is 8.78 Å². The van der Waals surface area contributed by atoms with Crippen molar-refractivity contribution >= 4 is 29.1 Å². The Balaban J connectivity index is 1.75. The highest BCUT2D eigenvalue weighted by molar-refractivity contribution is 5.95. The number of benzene rings is 2. The third-order valence-electron chi connectivity index (χ3n) is 4.22. The van der Waals surface area contributed by atoms with Crippen LogP contribution in [0.4, 0.5) is 20.2 Å². The van der Waals surface area contributed by atoms with Crippen molar-refractivity contribution in [2.45, 2.75) is 13.8 Å². The second-order valence-electron chi connectivity index (χ2n) is 6.94. The first-order chi connectivity index (χ1) is 14.2. The van der Waals surface area contributed by atoms with Crippen LogP contribution in [0.15, 0.2) is 36.4 Å². The molecule has 0 aliphatic rings. The van der Waals surface area contributed by atoms with Gasteiger partial charge in [0.2, 0.25) is 17.7 Å². The fourth-order valence-corrected chi connectivity index (χ4v) is 2.75. The zero-order valence-corrected chi connectivity index (χ0v) is 17.0. The van der Waals surface area contributed by atoms with Crippen molar-refractivity contribution < 1.29 is 23.2 Å². The largest absolute Gasteiger partial charge is 0.346 e. The van der Waals surface area contributed by atoms with Gasteiger partial charge in [0.15, 0.2) is 11.6 Å². The predicted molar refractivity (Wildman–Crippen MR) is 110 cm³/mol. The van der Waals surface area contributed by atoms with Gasteiger partial charge in [0.25, 0.3) is 0 Å². The minimum absolute atomic E-state index is 0.0117. The molecule has 0 spiro atoms. The number of nitrogens with one attached hydrogen (secondary N) is 3. The Morgan fingerprint density at radius 2 is 1.50 bits per heavy atom. The summed E-state index contributed by atoms with van der Waals surface area (Å²) >= 11 is 0. The Morgan fingerprint density at radius 1 is 0.867 bits per heavy atom. The van der Waals surface area contributed by atoms with Crippen molar-refractivity contribution in [3.05, 3.63) is 59.2 Å². The summed E-state index contributed by atoms with van der Waals surface area (Å²) in [6.45, 7) is 3.33. The second kappa shape index (κ2) is 10.4. The zero-order valence-electron chi connectivity index (χ0n) is 17.0. The molecule has 0 fully saturated rings. The van der Waals surface area contributed by atoms with Gasteiger partial charge in [-0.1, -0.05) is 18.2 Å². The molecule has 0 bridgehead atoms. The number of nitrogens with zero attached hydrogens (tertiary/aromatic N) is 1. The van der Waals surface area contributed by atoms with E-state index < -0.39 is 23.4 Å². The summed E-state index contributed by atoms with van der Waals surface area (Å²) in [5.41, 5.74) is 2.70. The molecule has 0 radical (unpaired) electrons. The standard InChI is InChI=1S/C21H24F2N4O3/c1-13-5-4-6-14(2)21(13)26-20(30)12-27(3)11-19(29)24-10-18(28)25-15-7-8-16(22)17(23)9-15/h4-9H,10-12H2,1-3H3,(H,24,29)(H,25,28)(H,26,30). The highest BCUT2D eigenvalue weighted by Crippen LogP contribution is 2.19. The monoisotopic (exact) mass is 418 g/mol. The molecular weight excluding hydrogens is 394 g/mol. The maximum Gasteiger partial charge on any atom is 0.243 e. The Labute approximate surface area is 173 Å². The van der Waals surface area contributed by atoms with Gasteiger partial charge in [-0.2, -0.15) is 0 Å². The second-order valence-corrected chi connectivity index (χ2v) is 6.94. The first-order valence-electron chi connectivity index (χ1n) is 9.22. The number of likely N-dealkylation sites (N-methyl/N-ethyl adjacent to an activating group) is 1. The molecule has 0 saturated heterocycles. The van der Waals surface area contributed by atoms with Crippen LogP contribution in [0.2, 0.25) is 0 Å². The van der Waals surface area contributed by atoms with E-state index in [2.05, 4.69) is 16.0 Å². The molecule has 0 unspecified atom stereocenters. The summed E-state index contributed by atoms with van der Waals surface area (Å²) in [6.07, 6.45) is 0. The van der Waals surface area contributed by atoms with E-state index >= 15 is 0 Å². The number of rotatable bonds is 8. The number of hydrogen-bond donors (Lipinski definition) is 3. The molecule has 3 amide bonds. The Bertz CT molecular complexity index is 930. The van der Waals surface area contributed by atoms with Gasteiger partial charge in [0.1, 0.15) is 0 Å². The molecular formula is C21H24F2N4O3. The summed E-state index contributed by atoms with van der Waals surface area (Å²) in [5.74, 6) is -3.43. The van der Waals surface area contributed by atoms with Gasteiger partial charge in [0.05, 0.1) is 19.6 Å². The Hall–Kier alpha value is -3.33. The van der Waals surface area contributed by atoms with Crippen molar-refractivity contribution in [2.75, 3.05) is 37.3 Å². The first-order valence-corrected chi connectivity index (χ1v) is 9.22. The van der Waals surface area contributed by atoms with Crippen molar-refractivity contribution in [3.63, 3.8) is 0 Å². The van der Waals surface area contributed by atoms with Crippen molar-refractivity contribution in [1.82, 2.24) is 10.2 Å². The number of carbonyl (C=O) groups is 3. The van der Waals surface area contributed by atoms with E-state index in [1.165, 1.54) is 11.0 Å². The highest BCUT2D eigenvalue weighted by Gasteiger charge is 2.14. The van der Waals surface area contributed by atoms with Gasteiger partial charge in [0, 0.05) is 17.4 Å². The molecule has 0 saturated carbocycles. The third-order valence-corrected chi connectivity index (χ3v) is 4.22. The van der Waals surface area contributed by atoms with Gasteiger partial charge < -0.3 is 16.0 Å². The van der Waals surface area contributed by atoms with Gasteiger partial charge >= 0.3 is 0 Å². The quantitative estimate of drug-likeness (QED) is 0.613. The maximum atomic E-state index is 13.1. The molecule has 0 aromatic heterocycles. The molecule has 0 aliphatic carbocycles. The molecule has 0 aliphatic heterocycles. The number of carbonyl (C=O) groups excluding carboxylic acids is 3. The lowest BCUT2D eigenvalue weighted by Crippen LogP contribution is -2.41. The van der Waals surface area contributed by atoms with Gasteiger partial charge in [-0.05, 0) is 44.2 Å². The number of amides is 3. The Kier molecular flexibility index (Phi) is 7.99. The molecule has 160 valence electrons. The maximum absolute atomic E-state index is 13.1. The van der Waals surface area contributed by atoms with Crippen molar-refractivity contribution in [3.8, 4) is 0 Å². The van der Waals surface area contributed by atoms with Crippen LogP contribution in [-0.4, -0.2) is 49.3 Å². The van der Waals surface area contributed by atoms with Crippen LogP contribution in [0.3, 0.4) is 0 Å². The van der Waals surface area contributed by atoms with E-state index in [-0.39, 0.29) is 31.2 Å². The molecule has 3 N–H and O–H groups in total. The summed E-state index contributed by atoms with van der Waals surface area (Å²) in [5, 5.41) is 7.59. The van der Waals surface area contributed by atoms with Gasteiger partial charge in [-0.15, -0.1) is 0 Å². The first kappa shape index (κ1) is 23.0. The third kappa shape index (κ3) is 6.93. The van der Waals surface area contributed by atoms with E-state index in [1.807, 2.05) is 32.0 Å². The van der Waals surface area contributed by atoms with Crippen molar-refractivity contribution in [2.24, 2.45) is 0 Å². The number of anilines is 2. The van der Waals surface area contributed by atoms with Crippen LogP contribution < -0.4 is 16.0 Å². The zero-order chi connectivity index (χ0) is 22.3. The molecule has 0 heterocycles. The molecule has 7 nitrogen and oxygen atoms in total. The van der Waals surface area contributed by atoms with E-state index in [0.717, 1.165) is 28.9 Å². The fourth-order valence-electron chi connectivity index (χ4n) is 2.75. The minimum atomic E-state index is -1.09. The van der Waals surface area contributed by atoms with Crippen LogP contribution >= 0.6 is 0 Å². The lowest BCUT2D eigenvalue weighted by molar-refractivity contribution is -0.125. The molecule has 0 atom stereocenters. The van der Waals surface area contributed by atoms with E-state index in [0.29, 0.717) is 0 Å². The minimum Gasteiger partial charge on any atom is -0.346 e. The van der Waals surface area contributed by atoms with Crippen molar-refractivity contribution in [1.29, 1.82) is 0 Å².